The van der Waals surface area contributed by atoms with Gasteiger partial charge in [-0.05, 0) is 18.9 Å². The van der Waals surface area contributed by atoms with Crippen molar-refractivity contribution in [2.24, 2.45) is 16.7 Å². The lowest BCUT2D eigenvalue weighted by Gasteiger charge is -2.51. The number of furan rings is 1. The standard InChI is InChI=1S/C17H14N4O3/c18-8-15(9-19)13(11-4-6-22-7-11)23-17-5-2-1-3-12(17)16(15,10-20)14(21)24-17/h4,6-7,12-13,21H,1-3,5H2. The Hall–Kier alpha value is -2.82. The molecule has 1 aromatic rings. The monoisotopic (exact) mass is 322 g/mol. The molecule has 0 spiro atoms. The maximum atomic E-state index is 10.0. The molecule has 24 heavy (non-hydrogen) atoms. The Morgan fingerprint density at radius 1 is 1.17 bits per heavy atom. The maximum absolute atomic E-state index is 10.0. The zero-order valence-corrected chi connectivity index (χ0v) is 12.8. The third-order valence-electron chi connectivity index (χ3n) is 5.66. The van der Waals surface area contributed by atoms with Gasteiger partial charge in [0.1, 0.15) is 6.10 Å². The second-order valence-electron chi connectivity index (χ2n) is 6.55. The number of nitrogens with zero attached hydrogens (tertiary/aromatic N) is 3. The first-order chi connectivity index (χ1) is 11.6. The average Bonchev–Trinajstić information content (AvgIpc) is 3.19. The van der Waals surface area contributed by atoms with E-state index < -0.39 is 28.6 Å². The molecule has 0 radical (unpaired) electrons. The molecule has 4 atom stereocenters. The van der Waals surface area contributed by atoms with Crippen LogP contribution < -0.4 is 0 Å². The fraction of sp³-hybridized carbons (Fsp3) is 0.529. The molecule has 1 aliphatic carbocycles. The van der Waals surface area contributed by atoms with E-state index in [2.05, 4.69) is 6.07 Å². The van der Waals surface area contributed by atoms with Gasteiger partial charge in [-0.3, -0.25) is 5.41 Å². The molecule has 3 aliphatic rings. The molecule has 0 amide bonds. The number of hydrogen-bond acceptors (Lipinski definition) is 7. The number of hydrogen-bond donors (Lipinski definition) is 1. The van der Waals surface area contributed by atoms with Gasteiger partial charge in [0.25, 0.3) is 0 Å². The molecule has 3 fully saturated rings. The zero-order chi connectivity index (χ0) is 17.0. The lowest BCUT2D eigenvalue weighted by molar-refractivity contribution is -0.294. The molecule has 4 rings (SSSR count). The van der Waals surface area contributed by atoms with Crippen molar-refractivity contribution in [1.82, 2.24) is 0 Å². The molecule has 7 nitrogen and oxygen atoms in total. The van der Waals surface area contributed by atoms with E-state index in [1.165, 1.54) is 12.5 Å². The van der Waals surface area contributed by atoms with Gasteiger partial charge in [-0.2, -0.15) is 15.8 Å². The Bertz CT molecular complexity index is 813. The summed E-state index contributed by atoms with van der Waals surface area (Å²) in [4.78, 5) is 0. The molecule has 2 aliphatic heterocycles. The van der Waals surface area contributed by atoms with E-state index in [1.807, 2.05) is 12.1 Å². The molecule has 2 saturated heterocycles. The number of nitrogens with one attached hydrogen (secondary N) is 1. The maximum Gasteiger partial charge on any atom is 0.217 e. The minimum atomic E-state index is -1.87. The van der Waals surface area contributed by atoms with Gasteiger partial charge in [0.2, 0.25) is 17.1 Å². The molecule has 1 saturated carbocycles. The molecule has 4 unspecified atom stereocenters. The Kier molecular flexibility index (Phi) is 2.83. The van der Waals surface area contributed by atoms with Crippen LogP contribution in [0.3, 0.4) is 0 Å². The van der Waals surface area contributed by atoms with Crippen molar-refractivity contribution in [2.75, 3.05) is 0 Å². The minimum absolute atomic E-state index is 0.328. The van der Waals surface area contributed by atoms with Crippen LogP contribution in [-0.2, 0) is 9.47 Å². The third-order valence-corrected chi connectivity index (χ3v) is 5.66. The summed E-state index contributed by atoms with van der Waals surface area (Å²) in [5.74, 6) is -1.95. The smallest absolute Gasteiger partial charge is 0.217 e. The first kappa shape index (κ1) is 14.8. The largest absolute Gasteiger partial charge is 0.472 e. The van der Waals surface area contributed by atoms with Gasteiger partial charge in [-0.1, -0.05) is 6.42 Å². The summed E-state index contributed by atoms with van der Waals surface area (Å²) in [5.41, 5.74) is -3.01. The highest BCUT2D eigenvalue weighted by atomic mass is 16.7. The molecular weight excluding hydrogens is 308 g/mol. The van der Waals surface area contributed by atoms with Crippen molar-refractivity contribution in [3.63, 3.8) is 0 Å². The summed E-state index contributed by atoms with van der Waals surface area (Å²) < 4.78 is 17.0. The van der Waals surface area contributed by atoms with Crippen LogP contribution in [0.5, 0.6) is 0 Å². The Labute approximate surface area is 138 Å². The Morgan fingerprint density at radius 3 is 2.58 bits per heavy atom. The quantitative estimate of drug-likeness (QED) is 0.846. The number of rotatable bonds is 1. The highest BCUT2D eigenvalue weighted by Gasteiger charge is 2.80. The molecule has 1 N–H and O–H groups in total. The summed E-state index contributed by atoms with van der Waals surface area (Å²) in [5, 5.41) is 38.3. The normalized spacial score (nSPS) is 39.0. The van der Waals surface area contributed by atoms with Crippen LogP contribution >= 0.6 is 0 Å². The van der Waals surface area contributed by atoms with Gasteiger partial charge >= 0.3 is 0 Å². The lowest BCUT2D eigenvalue weighted by atomic mass is 9.51. The second kappa shape index (κ2) is 4.60. The predicted molar refractivity (Wildman–Crippen MR) is 77.7 cm³/mol. The summed E-state index contributed by atoms with van der Waals surface area (Å²) in [6.07, 6.45) is 4.62. The van der Waals surface area contributed by atoms with Gasteiger partial charge in [0.15, 0.2) is 5.41 Å². The average molecular weight is 322 g/mol. The summed E-state index contributed by atoms with van der Waals surface area (Å²) >= 11 is 0. The molecule has 120 valence electrons. The molecule has 0 aromatic carbocycles. The third kappa shape index (κ3) is 1.36. The lowest BCUT2D eigenvalue weighted by Crippen LogP contribution is -2.60. The highest BCUT2D eigenvalue weighted by molar-refractivity contribution is 5.89. The van der Waals surface area contributed by atoms with Crippen molar-refractivity contribution < 1.29 is 13.9 Å². The van der Waals surface area contributed by atoms with Gasteiger partial charge in [0.05, 0.1) is 36.7 Å². The van der Waals surface area contributed by atoms with Gasteiger partial charge in [-0.25, -0.2) is 0 Å². The van der Waals surface area contributed by atoms with E-state index in [0.29, 0.717) is 18.4 Å². The van der Waals surface area contributed by atoms with Crippen molar-refractivity contribution >= 4 is 5.90 Å². The Morgan fingerprint density at radius 2 is 1.96 bits per heavy atom. The van der Waals surface area contributed by atoms with E-state index in [4.69, 9.17) is 19.3 Å². The van der Waals surface area contributed by atoms with E-state index in [-0.39, 0.29) is 5.90 Å². The Balaban J connectivity index is 2.02. The first-order valence-electron chi connectivity index (χ1n) is 7.82. The first-order valence-corrected chi connectivity index (χ1v) is 7.82. The van der Waals surface area contributed by atoms with Crippen molar-refractivity contribution in [3.8, 4) is 18.2 Å². The van der Waals surface area contributed by atoms with Gasteiger partial charge in [-0.15, -0.1) is 0 Å². The van der Waals surface area contributed by atoms with Crippen LogP contribution in [-0.4, -0.2) is 11.7 Å². The van der Waals surface area contributed by atoms with E-state index in [0.717, 1.165) is 12.8 Å². The van der Waals surface area contributed by atoms with Crippen LogP contribution in [0.4, 0.5) is 0 Å². The van der Waals surface area contributed by atoms with Crippen LogP contribution in [0, 0.1) is 56.2 Å². The van der Waals surface area contributed by atoms with E-state index in [9.17, 15) is 15.8 Å². The summed E-state index contributed by atoms with van der Waals surface area (Å²) in [7, 11) is 0. The van der Waals surface area contributed by atoms with Crippen LogP contribution in [0.15, 0.2) is 23.0 Å². The van der Waals surface area contributed by atoms with Gasteiger partial charge in [0, 0.05) is 12.0 Å². The number of nitriles is 3. The predicted octanol–water partition coefficient (Wildman–Crippen LogP) is 2.79. The van der Waals surface area contributed by atoms with E-state index in [1.54, 1.807) is 6.07 Å². The molecule has 1 aromatic heterocycles. The fourth-order valence-corrected chi connectivity index (χ4v) is 4.59. The van der Waals surface area contributed by atoms with Crippen molar-refractivity contribution in [3.05, 3.63) is 24.2 Å². The second-order valence-corrected chi connectivity index (χ2v) is 6.55. The molecule has 2 bridgehead atoms. The topological polar surface area (TPSA) is 127 Å². The van der Waals surface area contributed by atoms with Crippen LogP contribution in [0.1, 0.15) is 37.4 Å². The van der Waals surface area contributed by atoms with Crippen molar-refractivity contribution in [1.29, 1.82) is 21.2 Å². The van der Waals surface area contributed by atoms with E-state index >= 15 is 0 Å². The summed E-state index contributed by atoms with van der Waals surface area (Å²) in [6.45, 7) is 0. The van der Waals surface area contributed by atoms with Crippen molar-refractivity contribution in [2.45, 2.75) is 37.6 Å². The van der Waals surface area contributed by atoms with Crippen LogP contribution in [0.25, 0.3) is 0 Å². The summed E-state index contributed by atoms with van der Waals surface area (Å²) in [6, 6.07) is 7.77. The van der Waals surface area contributed by atoms with Crippen LogP contribution in [0.2, 0.25) is 0 Å². The minimum Gasteiger partial charge on any atom is -0.472 e. The SMILES string of the molecule is N#CC1(C#N)C(c2ccoc2)OC23CCCCC2C1(C#N)C(=N)O3. The fourth-order valence-electron chi connectivity index (χ4n) is 4.59. The number of ether oxygens (including phenoxy) is 2. The zero-order valence-electron chi connectivity index (χ0n) is 12.8. The molecule has 3 heterocycles. The molecular formula is C17H14N4O3. The molecule has 7 heteroatoms. The highest BCUT2D eigenvalue weighted by Crippen LogP contribution is 2.69. The van der Waals surface area contributed by atoms with Gasteiger partial charge < -0.3 is 13.9 Å².